The summed E-state index contributed by atoms with van der Waals surface area (Å²) in [6.45, 7) is 2.95. The van der Waals surface area contributed by atoms with E-state index in [0.717, 1.165) is 30.8 Å². The van der Waals surface area contributed by atoms with Gasteiger partial charge in [0.1, 0.15) is 0 Å². The fraction of sp³-hybridized carbons (Fsp3) is 0.600. The van der Waals surface area contributed by atoms with E-state index >= 15 is 0 Å². The SMILES string of the molecule is Clc1ccc([C@@H]2CN(C3CCSCC3)CCO2)cc1. The Kier molecular flexibility index (Phi) is 4.69. The van der Waals surface area contributed by atoms with Crippen molar-refractivity contribution in [2.45, 2.75) is 25.0 Å². The van der Waals surface area contributed by atoms with Crippen molar-refractivity contribution in [3.8, 4) is 0 Å². The van der Waals surface area contributed by atoms with Gasteiger partial charge in [-0.3, -0.25) is 4.90 Å². The summed E-state index contributed by atoms with van der Waals surface area (Å²) in [4.78, 5) is 2.63. The maximum Gasteiger partial charge on any atom is 0.0952 e. The Morgan fingerprint density at radius 3 is 2.63 bits per heavy atom. The molecule has 4 heteroatoms. The number of hydrogen-bond acceptors (Lipinski definition) is 3. The van der Waals surface area contributed by atoms with Gasteiger partial charge in [-0.05, 0) is 42.0 Å². The second-order valence-electron chi connectivity index (χ2n) is 5.25. The topological polar surface area (TPSA) is 12.5 Å². The molecule has 2 aliphatic heterocycles. The number of rotatable bonds is 2. The summed E-state index contributed by atoms with van der Waals surface area (Å²) < 4.78 is 5.93. The van der Waals surface area contributed by atoms with E-state index in [1.165, 1.54) is 29.9 Å². The number of ether oxygens (including phenoxy) is 1. The lowest BCUT2D eigenvalue weighted by molar-refractivity contribution is -0.0460. The summed E-state index contributed by atoms with van der Waals surface area (Å²) in [7, 11) is 0. The van der Waals surface area contributed by atoms with Crippen molar-refractivity contribution in [1.82, 2.24) is 4.90 Å². The van der Waals surface area contributed by atoms with Crippen molar-refractivity contribution in [3.63, 3.8) is 0 Å². The highest BCUT2D eigenvalue weighted by molar-refractivity contribution is 7.99. The molecule has 0 spiro atoms. The molecular formula is C15H20ClNOS. The average Bonchev–Trinajstić information content (AvgIpc) is 2.49. The number of nitrogens with zero attached hydrogens (tertiary/aromatic N) is 1. The number of morpholine rings is 1. The predicted octanol–water partition coefficient (Wildman–Crippen LogP) is 3.61. The molecule has 19 heavy (non-hydrogen) atoms. The monoisotopic (exact) mass is 297 g/mol. The molecule has 3 rings (SSSR count). The van der Waals surface area contributed by atoms with Crippen molar-refractivity contribution in [3.05, 3.63) is 34.9 Å². The molecule has 1 aromatic carbocycles. The fourth-order valence-corrected chi connectivity index (χ4v) is 4.14. The van der Waals surface area contributed by atoms with Crippen LogP contribution in [0, 0.1) is 0 Å². The van der Waals surface area contributed by atoms with Crippen LogP contribution in [0.2, 0.25) is 5.02 Å². The van der Waals surface area contributed by atoms with E-state index in [0.29, 0.717) is 0 Å². The Labute approximate surface area is 124 Å². The minimum Gasteiger partial charge on any atom is -0.371 e. The third-order valence-corrected chi connectivity index (χ3v) is 5.35. The van der Waals surface area contributed by atoms with Gasteiger partial charge in [0.15, 0.2) is 0 Å². The van der Waals surface area contributed by atoms with Crippen molar-refractivity contribution >= 4 is 23.4 Å². The maximum atomic E-state index is 5.95. The van der Waals surface area contributed by atoms with Crippen LogP contribution in [-0.4, -0.2) is 42.1 Å². The standard InChI is InChI=1S/C15H20ClNOS/c16-13-3-1-12(2-4-13)15-11-17(7-8-18-15)14-5-9-19-10-6-14/h1-4,14-15H,5-11H2/t15-/m0/s1. The normalized spacial score (nSPS) is 26.5. The van der Waals surface area contributed by atoms with Gasteiger partial charge in [-0.25, -0.2) is 0 Å². The van der Waals surface area contributed by atoms with Crippen molar-refractivity contribution in [2.24, 2.45) is 0 Å². The highest BCUT2D eigenvalue weighted by Gasteiger charge is 2.28. The van der Waals surface area contributed by atoms with Gasteiger partial charge in [-0.15, -0.1) is 0 Å². The van der Waals surface area contributed by atoms with Crippen LogP contribution >= 0.6 is 23.4 Å². The molecule has 2 saturated heterocycles. The average molecular weight is 298 g/mol. The molecule has 1 aromatic rings. The largest absolute Gasteiger partial charge is 0.371 e. The van der Waals surface area contributed by atoms with Crippen LogP contribution in [-0.2, 0) is 4.74 Å². The van der Waals surface area contributed by atoms with E-state index in [9.17, 15) is 0 Å². The van der Waals surface area contributed by atoms with Gasteiger partial charge in [-0.1, -0.05) is 23.7 Å². The molecule has 0 unspecified atom stereocenters. The molecule has 104 valence electrons. The molecule has 2 heterocycles. The predicted molar refractivity (Wildman–Crippen MR) is 82.1 cm³/mol. The van der Waals surface area contributed by atoms with Crippen molar-refractivity contribution in [1.29, 1.82) is 0 Å². The minimum atomic E-state index is 0.209. The van der Waals surface area contributed by atoms with E-state index in [1.807, 2.05) is 12.1 Å². The zero-order chi connectivity index (χ0) is 13.1. The molecule has 2 nitrogen and oxygen atoms in total. The molecular weight excluding hydrogens is 278 g/mol. The molecule has 1 atom stereocenters. The first-order valence-electron chi connectivity index (χ1n) is 7.02. The molecule has 0 amide bonds. The van der Waals surface area contributed by atoms with Gasteiger partial charge in [-0.2, -0.15) is 11.8 Å². The van der Waals surface area contributed by atoms with E-state index in [2.05, 4.69) is 28.8 Å². The molecule has 0 radical (unpaired) electrons. The summed E-state index contributed by atoms with van der Waals surface area (Å²) in [6.07, 6.45) is 2.87. The number of hydrogen-bond donors (Lipinski definition) is 0. The van der Waals surface area contributed by atoms with Gasteiger partial charge in [0.05, 0.1) is 12.7 Å². The summed E-state index contributed by atoms with van der Waals surface area (Å²) in [5.41, 5.74) is 1.25. The van der Waals surface area contributed by atoms with Crippen LogP contribution in [0.5, 0.6) is 0 Å². The minimum absolute atomic E-state index is 0.209. The van der Waals surface area contributed by atoms with Crippen LogP contribution in [0.1, 0.15) is 24.5 Å². The van der Waals surface area contributed by atoms with E-state index < -0.39 is 0 Å². The van der Waals surface area contributed by atoms with Crippen LogP contribution in [0.15, 0.2) is 24.3 Å². The number of benzene rings is 1. The van der Waals surface area contributed by atoms with E-state index in [1.54, 1.807) is 0 Å². The molecule has 0 saturated carbocycles. The number of thioether (sulfide) groups is 1. The lowest BCUT2D eigenvalue weighted by Crippen LogP contribution is -2.46. The molecule has 0 aliphatic carbocycles. The third kappa shape index (κ3) is 3.46. The quantitative estimate of drug-likeness (QED) is 0.827. The van der Waals surface area contributed by atoms with E-state index in [4.69, 9.17) is 16.3 Å². The Hall–Kier alpha value is -0.220. The lowest BCUT2D eigenvalue weighted by atomic mass is 10.0. The van der Waals surface area contributed by atoms with Gasteiger partial charge in [0.25, 0.3) is 0 Å². The van der Waals surface area contributed by atoms with Crippen LogP contribution < -0.4 is 0 Å². The highest BCUT2D eigenvalue weighted by Crippen LogP contribution is 2.28. The summed E-state index contributed by atoms with van der Waals surface area (Å²) in [5, 5.41) is 0.792. The Balaban J connectivity index is 1.65. The lowest BCUT2D eigenvalue weighted by Gasteiger charge is -2.40. The highest BCUT2D eigenvalue weighted by atomic mass is 35.5. The molecule has 2 aliphatic rings. The summed E-state index contributed by atoms with van der Waals surface area (Å²) >= 11 is 8.04. The van der Waals surface area contributed by atoms with E-state index in [-0.39, 0.29) is 6.10 Å². The first kappa shape index (κ1) is 13.7. The fourth-order valence-electron chi connectivity index (χ4n) is 2.93. The van der Waals surface area contributed by atoms with Crippen LogP contribution in [0.4, 0.5) is 0 Å². The van der Waals surface area contributed by atoms with Gasteiger partial charge >= 0.3 is 0 Å². The maximum absolute atomic E-state index is 5.95. The van der Waals surface area contributed by atoms with Crippen molar-refractivity contribution in [2.75, 3.05) is 31.2 Å². The summed E-state index contributed by atoms with van der Waals surface area (Å²) in [6, 6.07) is 8.85. The third-order valence-electron chi connectivity index (χ3n) is 4.05. The van der Waals surface area contributed by atoms with Crippen LogP contribution in [0.3, 0.4) is 0 Å². The Morgan fingerprint density at radius 2 is 1.89 bits per heavy atom. The Bertz CT molecular complexity index is 405. The zero-order valence-electron chi connectivity index (χ0n) is 11.1. The first-order chi connectivity index (χ1) is 9.33. The first-order valence-corrected chi connectivity index (χ1v) is 8.55. The second kappa shape index (κ2) is 6.49. The van der Waals surface area contributed by atoms with Crippen molar-refractivity contribution < 1.29 is 4.74 Å². The number of halogens is 1. The van der Waals surface area contributed by atoms with Gasteiger partial charge in [0, 0.05) is 24.2 Å². The molecule has 2 fully saturated rings. The smallest absolute Gasteiger partial charge is 0.0952 e. The zero-order valence-corrected chi connectivity index (χ0v) is 12.6. The molecule has 0 N–H and O–H groups in total. The molecule has 0 aromatic heterocycles. The molecule has 0 bridgehead atoms. The second-order valence-corrected chi connectivity index (χ2v) is 6.91. The van der Waals surface area contributed by atoms with Gasteiger partial charge < -0.3 is 4.74 Å². The van der Waals surface area contributed by atoms with Crippen LogP contribution in [0.25, 0.3) is 0 Å². The van der Waals surface area contributed by atoms with Gasteiger partial charge in [0.2, 0.25) is 0 Å². The Morgan fingerprint density at radius 1 is 1.16 bits per heavy atom. The summed E-state index contributed by atoms with van der Waals surface area (Å²) in [5.74, 6) is 2.63.